The van der Waals surface area contributed by atoms with E-state index < -0.39 is 29.8 Å². The third-order valence-electron chi connectivity index (χ3n) is 4.50. The van der Waals surface area contributed by atoms with Gasteiger partial charge >= 0.3 is 5.97 Å². The Morgan fingerprint density at radius 3 is 2.47 bits per heavy atom. The average molecular weight is 411 g/mol. The van der Waals surface area contributed by atoms with Crippen molar-refractivity contribution in [1.29, 1.82) is 0 Å². The molecule has 1 aliphatic heterocycles. The second kappa shape index (κ2) is 9.08. The van der Waals surface area contributed by atoms with E-state index in [0.29, 0.717) is 17.0 Å². The van der Waals surface area contributed by atoms with Crippen molar-refractivity contribution in [2.45, 2.75) is 25.0 Å². The Hall–Kier alpha value is -3.88. The van der Waals surface area contributed by atoms with Crippen LogP contribution in [0.25, 0.3) is 0 Å². The lowest BCUT2D eigenvalue weighted by atomic mass is 9.90. The van der Waals surface area contributed by atoms with Crippen molar-refractivity contribution in [3.8, 4) is 5.75 Å². The van der Waals surface area contributed by atoms with Crippen LogP contribution in [0.15, 0.2) is 59.8 Å². The van der Waals surface area contributed by atoms with Gasteiger partial charge in [0.1, 0.15) is 5.75 Å². The van der Waals surface area contributed by atoms with Gasteiger partial charge in [0.15, 0.2) is 6.61 Å². The summed E-state index contributed by atoms with van der Waals surface area (Å²) in [4.78, 5) is 40.4. The van der Waals surface area contributed by atoms with E-state index in [-0.39, 0.29) is 19.6 Å². The zero-order valence-corrected chi connectivity index (χ0v) is 16.0. The lowest BCUT2D eigenvalue weighted by molar-refractivity contribution is -0.156. The van der Waals surface area contributed by atoms with Crippen molar-refractivity contribution in [3.63, 3.8) is 0 Å². The van der Waals surface area contributed by atoms with Crippen molar-refractivity contribution < 1.29 is 29.1 Å². The first-order valence-corrected chi connectivity index (χ1v) is 9.18. The van der Waals surface area contributed by atoms with Gasteiger partial charge in [-0.05, 0) is 35.4 Å². The molecule has 0 spiro atoms. The first kappa shape index (κ1) is 20.8. The fraction of sp³-hybridized carbons (Fsp3) is 0.238. The Balaban J connectivity index is 1.69. The number of nitrogens with zero attached hydrogens (tertiary/aromatic N) is 1. The van der Waals surface area contributed by atoms with E-state index in [1.807, 2.05) is 30.3 Å². The van der Waals surface area contributed by atoms with Crippen LogP contribution in [0.3, 0.4) is 0 Å². The maximum absolute atomic E-state index is 12.8. The van der Waals surface area contributed by atoms with E-state index in [2.05, 4.69) is 10.5 Å². The maximum Gasteiger partial charge on any atom is 0.308 e. The Morgan fingerprint density at radius 1 is 1.13 bits per heavy atom. The third kappa shape index (κ3) is 5.13. The minimum absolute atomic E-state index is 0.00140. The summed E-state index contributed by atoms with van der Waals surface area (Å²) in [5.41, 5.74) is 5.37. The van der Waals surface area contributed by atoms with Crippen LogP contribution >= 0.6 is 0 Å². The number of carbonyl (C=O) groups excluding carboxylic acids is 2. The number of ether oxygens (including phenoxy) is 1. The quantitative estimate of drug-likeness (QED) is 0.566. The predicted octanol–water partition coefficient (Wildman–Crippen LogP) is 1.21. The molecule has 0 saturated carbocycles. The van der Waals surface area contributed by atoms with Gasteiger partial charge in [-0.1, -0.05) is 35.5 Å². The summed E-state index contributed by atoms with van der Waals surface area (Å²) in [5, 5.41) is 16.0. The lowest BCUT2D eigenvalue weighted by Gasteiger charge is -2.23. The van der Waals surface area contributed by atoms with Crippen LogP contribution in [0.5, 0.6) is 5.75 Å². The highest BCUT2D eigenvalue weighted by Gasteiger charge is 2.48. The van der Waals surface area contributed by atoms with Crippen molar-refractivity contribution in [2.24, 2.45) is 10.9 Å². The van der Waals surface area contributed by atoms with Crippen molar-refractivity contribution in [2.75, 3.05) is 6.61 Å². The summed E-state index contributed by atoms with van der Waals surface area (Å²) in [6, 6.07) is 15.8. The molecule has 156 valence electrons. The van der Waals surface area contributed by atoms with Crippen LogP contribution < -0.4 is 15.8 Å². The minimum atomic E-state index is -1.63. The van der Waals surface area contributed by atoms with Crippen molar-refractivity contribution >= 4 is 23.5 Å². The van der Waals surface area contributed by atoms with E-state index >= 15 is 0 Å². The molecule has 0 aliphatic carbocycles. The number of carboxylic acid groups (broad SMARTS) is 1. The molecule has 0 bridgehead atoms. The average Bonchev–Trinajstić information content (AvgIpc) is 3.16. The van der Waals surface area contributed by atoms with Crippen LogP contribution in [0.2, 0.25) is 0 Å². The van der Waals surface area contributed by atoms with Crippen LogP contribution in [0.4, 0.5) is 0 Å². The number of amides is 2. The normalized spacial score (nSPS) is 17.5. The molecule has 3 rings (SSSR count). The molecular weight excluding hydrogens is 390 g/mol. The molecule has 2 amide bonds. The molecule has 0 unspecified atom stereocenters. The van der Waals surface area contributed by atoms with Crippen LogP contribution in [0.1, 0.15) is 24.0 Å². The van der Waals surface area contributed by atoms with Crippen LogP contribution in [0, 0.1) is 0 Å². The number of carbonyl (C=O) groups is 3. The SMILES string of the molecule is NC(=O)COc1ccc(C2=NO[C@@](CC(=O)O)(C(=O)NCc3ccccc3)C2)cc1. The molecule has 0 fully saturated rings. The molecule has 9 heteroatoms. The first-order chi connectivity index (χ1) is 14.4. The van der Waals surface area contributed by atoms with Gasteiger partial charge in [0.25, 0.3) is 11.8 Å². The summed E-state index contributed by atoms with van der Waals surface area (Å²) >= 11 is 0. The largest absolute Gasteiger partial charge is 0.484 e. The predicted molar refractivity (Wildman–Crippen MR) is 107 cm³/mol. The molecule has 2 aromatic carbocycles. The Bertz CT molecular complexity index is 958. The summed E-state index contributed by atoms with van der Waals surface area (Å²) < 4.78 is 5.20. The fourth-order valence-corrected chi connectivity index (χ4v) is 3.01. The number of nitrogens with one attached hydrogen (secondary N) is 1. The number of primary amides is 1. The topological polar surface area (TPSA) is 140 Å². The van der Waals surface area contributed by atoms with Gasteiger partial charge in [0.05, 0.1) is 12.1 Å². The molecule has 30 heavy (non-hydrogen) atoms. The number of rotatable bonds is 9. The third-order valence-corrected chi connectivity index (χ3v) is 4.50. The number of oxime groups is 1. The number of benzene rings is 2. The van der Waals surface area contributed by atoms with E-state index in [0.717, 1.165) is 5.56 Å². The van der Waals surface area contributed by atoms with Gasteiger partial charge in [0.2, 0.25) is 5.60 Å². The molecule has 0 saturated heterocycles. The Kier molecular flexibility index (Phi) is 6.31. The monoisotopic (exact) mass is 411 g/mol. The van der Waals surface area contributed by atoms with E-state index in [1.165, 1.54) is 0 Å². The van der Waals surface area contributed by atoms with E-state index in [4.69, 9.17) is 15.3 Å². The molecule has 0 aromatic heterocycles. The van der Waals surface area contributed by atoms with Gasteiger partial charge in [-0.2, -0.15) is 0 Å². The number of hydrogen-bond acceptors (Lipinski definition) is 6. The number of hydrogen-bond donors (Lipinski definition) is 3. The molecule has 9 nitrogen and oxygen atoms in total. The van der Waals surface area contributed by atoms with E-state index in [1.54, 1.807) is 24.3 Å². The summed E-state index contributed by atoms with van der Waals surface area (Å²) in [7, 11) is 0. The molecule has 1 atom stereocenters. The second-order valence-electron chi connectivity index (χ2n) is 6.82. The summed E-state index contributed by atoms with van der Waals surface area (Å²) in [5.74, 6) is -1.87. The molecule has 1 heterocycles. The van der Waals surface area contributed by atoms with E-state index in [9.17, 15) is 19.5 Å². The second-order valence-corrected chi connectivity index (χ2v) is 6.82. The molecule has 1 aliphatic rings. The standard InChI is InChI=1S/C21H21N3O6/c22-18(25)13-29-16-8-6-15(7-9-16)17-10-21(30-24-17,11-19(26)27)20(28)23-12-14-4-2-1-3-5-14/h1-9H,10-13H2,(H2,22,25)(H,23,28)(H,26,27)/t21-/m0/s1. The molecule has 0 radical (unpaired) electrons. The number of carboxylic acids is 1. The van der Waals surface area contributed by atoms with Gasteiger partial charge in [0, 0.05) is 13.0 Å². The fourth-order valence-electron chi connectivity index (χ4n) is 3.01. The smallest absolute Gasteiger partial charge is 0.308 e. The van der Waals surface area contributed by atoms with Crippen molar-refractivity contribution in [3.05, 3.63) is 65.7 Å². The van der Waals surface area contributed by atoms with Gasteiger partial charge in [-0.3, -0.25) is 14.4 Å². The highest BCUT2D eigenvalue weighted by molar-refractivity contribution is 6.06. The number of aliphatic carboxylic acids is 1. The summed E-state index contributed by atoms with van der Waals surface area (Å²) in [6.45, 7) is -0.00164. The Labute approximate surface area is 172 Å². The first-order valence-electron chi connectivity index (χ1n) is 9.18. The van der Waals surface area contributed by atoms with Gasteiger partial charge in [-0.15, -0.1) is 0 Å². The van der Waals surface area contributed by atoms with Gasteiger partial charge < -0.3 is 25.7 Å². The highest BCUT2D eigenvalue weighted by Crippen LogP contribution is 2.31. The van der Waals surface area contributed by atoms with Crippen LogP contribution in [-0.4, -0.2) is 40.8 Å². The maximum atomic E-state index is 12.8. The highest BCUT2D eigenvalue weighted by atomic mass is 16.7. The van der Waals surface area contributed by atoms with Crippen molar-refractivity contribution in [1.82, 2.24) is 5.32 Å². The zero-order chi connectivity index (χ0) is 21.6. The minimum Gasteiger partial charge on any atom is -0.484 e. The number of nitrogens with two attached hydrogens (primary N) is 1. The van der Waals surface area contributed by atoms with Crippen LogP contribution in [-0.2, 0) is 25.8 Å². The Morgan fingerprint density at radius 2 is 1.83 bits per heavy atom. The molecular formula is C21H21N3O6. The summed E-state index contributed by atoms with van der Waals surface area (Å²) in [6.07, 6.45) is -0.526. The zero-order valence-electron chi connectivity index (χ0n) is 16.0. The molecule has 4 N–H and O–H groups in total. The molecule has 2 aromatic rings. The van der Waals surface area contributed by atoms with Gasteiger partial charge in [-0.25, -0.2) is 0 Å². The lowest BCUT2D eigenvalue weighted by Crippen LogP contribution is -2.48.